The number of rotatable bonds is 2. The maximum Gasteiger partial charge on any atom is 0.218 e. The number of amides is 1. The fourth-order valence-corrected chi connectivity index (χ4v) is 0.582. The van der Waals surface area contributed by atoms with Crippen LogP contribution in [0.2, 0.25) is 0 Å². The molecule has 1 amide bonds. The molecule has 0 aromatic carbocycles. The van der Waals surface area contributed by atoms with Crippen LogP contribution in [0.15, 0.2) is 0 Å². The summed E-state index contributed by atoms with van der Waals surface area (Å²) in [4.78, 5) is 10.2. The van der Waals surface area contributed by atoms with Gasteiger partial charge in [-0.1, -0.05) is 13.8 Å². The van der Waals surface area contributed by atoms with Crippen molar-refractivity contribution in [2.45, 2.75) is 25.0 Å². The molecule has 0 saturated heterocycles. The van der Waals surface area contributed by atoms with E-state index >= 15 is 0 Å². The number of primary amides is 1. The number of hydrogen-bond donors (Lipinski definition) is 2. The van der Waals surface area contributed by atoms with E-state index in [0.29, 0.717) is 6.42 Å². The van der Waals surface area contributed by atoms with Crippen LogP contribution in [0.5, 0.6) is 0 Å². The van der Waals surface area contributed by atoms with Gasteiger partial charge in [0, 0.05) is 11.2 Å². The minimum absolute atomic E-state index is 0.258. The number of carbonyl (C=O) groups is 1. The number of carbonyl (C=O) groups excluding carboxylic acids is 1. The third-order valence-electron chi connectivity index (χ3n) is 0.607. The Morgan fingerprint density at radius 2 is 2.12 bits per heavy atom. The molecule has 0 aromatic heterocycles. The number of thiol groups is 1. The van der Waals surface area contributed by atoms with Gasteiger partial charge in [0.25, 0.3) is 0 Å². The fraction of sp³-hybridized carbons (Fsp3) is 0.800. The molecule has 48 valence electrons. The average molecular weight is 133 g/mol. The van der Waals surface area contributed by atoms with Crippen molar-refractivity contribution in [1.29, 1.82) is 0 Å². The SMILES string of the molecule is CC(C)(S)CC(N)=O. The zero-order valence-electron chi connectivity index (χ0n) is 5.14. The van der Waals surface area contributed by atoms with Gasteiger partial charge < -0.3 is 5.73 Å². The lowest BCUT2D eigenvalue weighted by Crippen LogP contribution is -2.22. The summed E-state index contributed by atoms with van der Waals surface area (Å²) in [5.74, 6) is -0.301. The molecule has 0 saturated carbocycles. The van der Waals surface area contributed by atoms with Crippen LogP contribution >= 0.6 is 12.6 Å². The average Bonchev–Trinajstić information content (AvgIpc) is 1.21. The molecule has 0 bridgehead atoms. The van der Waals surface area contributed by atoms with Crippen molar-refractivity contribution in [3.05, 3.63) is 0 Å². The molecular weight excluding hydrogens is 122 g/mol. The summed E-state index contributed by atoms with van der Waals surface area (Å²) >= 11 is 4.09. The molecule has 0 heterocycles. The predicted molar refractivity (Wildman–Crippen MR) is 36.9 cm³/mol. The normalized spacial score (nSPS) is 11.4. The van der Waals surface area contributed by atoms with Gasteiger partial charge in [0.1, 0.15) is 0 Å². The first-order valence-corrected chi connectivity index (χ1v) is 2.87. The highest BCUT2D eigenvalue weighted by molar-refractivity contribution is 7.81. The van der Waals surface area contributed by atoms with Crippen molar-refractivity contribution >= 4 is 18.5 Å². The first kappa shape index (κ1) is 7.82. The molecule has 0 atom stereocenters. The van der Waals surface area contributed by atoms with E-state index in [1.54, 1.807) is 0 Å². The molecule has 2 N–H and O–H groups in total. The minimum Gasteiger partial charge on any atom is -0.370 e. The van der Waals surface area contributed by atoms with E-state index in [-0.39, 0.29) is 10.7 Å². The summed E-state index contributed by atoms with van der Waals surface area (Å²) in [6, 6.07) is 0. The van der Waals surface area contributed by atoms with E-state index in [1.165, 1.54) is 0 Å². The lowest BCUT2D eigenvalue weighted by atomic mass is 10.1. The maximum absolute atomic E-state index is 10.2. The Kier molecular flexibility index (Phi) is 2.34. The third kappa shape index (κ3) is 5.82. The zero-order chi connectivity index (χ0) is 6.78. The highest BCUT2D eigenvalue weighted by Crippen LogP contribution is 2.15. The molecule has 0 aliphatic carbocycles. The Balaban J connectivity index is 3.55. The molecule has 0 fully saturated rings. The lowest BCUT2D eigenvalue weighted by Gasteiger charge is -2.12. The highest BCUT2D eigenvalue weighted by atomic mass is 32.1. The minimum atomic E-state index is -0.301. The van der Waals surface area contributed by atoms with Crippen LogP contribution in [-0.2, 0) is 4.79 Å². The van der Waals surface area contributed by atoms with Gasteiger partial charge >= 0.3 is 0 Å². The van der Waals surface area contributed by atoms with Crippen molar-refractivity contribution in [2.24, 2.45) is 5.73 Å². The smallest absolute Gasteiger partial charge is 0.218 e. The first-order chi connectivity index (χ1) is 3.42. The van der Waals surface area contributed by atoms with Crippen LogP contribution in [0.4, 0.5) is 0 Å². The van der Waals surface area contributed by atoms with Gasteiger partial charge in [-0.05, 0) is 0 Å². The molecule has 3 heteroatoms. The van der Waals surface area contributed by atoms with Gasteiger partial charge in [0.05, 0.1) is 0 Å². The monoisotopic (exact) mass is 133 g/mol. The molecule has 0 rings (SSSR count). The fourth-order valence-electron chi connectivity index (χ4n) is 0.426. The third-order valence-corrected chi connectivity index (χ3v) is 0.765. The summed E-state index contributed by atoms with van der Waals surface area (Å²) in [5.41, 5.74) is 4.89. The quantitative estimate of drug-likeness (QED) is 0.531. The van der Waals surface area contributed by atoms with Crippen LogP contribution in [0.1, 0.15) is 20.3 Å². The second kappa shape index (κ2) is 2.40. The summed E-state index contributed by atoms with van der Waals surface area (Å²) in [6.45, 7) is 3.70. The van der Waals surface area contributed by atoms with Crippen molar-refractivity contribution < 1.29 is 4.79 Å². The molecular formula is C5H11NOS. The Morgan fingerprint density at radius 3 is 2.12 bits per heavy atom. The van der Waals surface area contributed by atoms with Gasteiger partial charge in [0.2, 0.25) is 5.91 Å². The molecule has 0 radical (unpaired) electrons. The van der Waals surface area contributed by atoms with Crippen LogP contribution < -0.4 is 5.73 Å². The van der Waals surface area contributed by atoms with Gasteiger partial charge in [0.15, 0.2) is 0 Å². The van der Waals surface area contributed by atoms with Crippen molar-refractivity contribution in [2.75, 3.05) is 0 Å². The lowest BCUT2D eigenvalue weighted by molar-refractivity contribution is -0.118. The van der Waals surface area contributed by atoms with Crippen LogP contribution in [0, 0.1) is 0 Å². The van der Waals surface area contributed by atoms with E-state index in [0.717, 1.165) is 0 Å². The molecule has 0 spiro atoms. The molecule has 8 heavy (non-hydrogen) atoms. The van der Waals surface area contributed by atoms with Crippen LogP contribution in [-0.4, -0.2) is 10.7 Å². The topological polar surface area (TPSA) is 43.1 Å². The second-order valence-electron chi connectivity index (χ2n) is 2.46. The Labute approximate surface area is 54.9 Å². The molecule has 2 nitrogen and oxygen atoms in total. The number of hydrogen-bond acceptors (Lipinski definition) is 2. The Hall–Kier alpha value is -0.180. The van der Waals surface area contributed by atoms with E-state index in [9.17, 15) is 4.79 Å². The predicted octanol–water partition coefficient (Wildman–Crippen LogP) is 0.570. The second-order valence-corrected chi connectivity index (χ2v) is 3.67. The maximum atomic E-state index is 10.2. The van der Waals surface area contributed by atoms with Gasteiger partial charge in [-0.3, -0.25) is 4.79 Å². The molecule has 0 aliphatic heterocycles. The van der Waals surface area contributed by atoms with E-state index < -0.39 is 0 Å². The van der Waals surface area contributed by atoms with Gasteiger partial charge in [-0.15, -0.1) is 0 Å². The Bertz CT molecular complexity index is 95.1. The van der Waals surface area contributed by atoms with Crippen molar-refractivity contribution in [3.8, 4) is 0 Å². The van der Waals surface area contributed by atoms with Gasteiger partial charge in [-0.25, -0.2) is 0 Å². The Morgan fingerprint density at radius 1 is 1.75 bits per heavy atom. The standard InChI is InChI=1S/C5H11NOS/c1-5(2,8)3-4(6)7/h8H,3H2,1-2H3,(H2,6,7). The summed E-state index contributed by atoms with van der Waals surface area (Å²) < 4.78 is -0.258. The summed E-state index contributed by atoms with van der Waals surface area (Å²) in [5, 5.41) is 0. The number of nitrogens with two attached hydrogens (primary N) is 1. The first-order valence-electron chi connectivity index (χ1n) is 2.42. The summed E-state index contributed by atoms with van der Waals surface area (Å²) in [6.07, 6.45) is 0.329. The van der Waals surface area contributed by atoms with Crippen molar-refractivity contribution in [1.82, 2.24) is 0 Å². The molecule has 0 unspecified atom stereocenters. The largest absolute Gasteiger partial charge is 0.370 e. The molecule has 0 aliphatic rings. The van der Waals surface area contributed by atoms with Crippen LogP contribution in [0.3, 0.4) is 0 Å². The van der Waals surface area contributed by atoms with E-state index in [2.05, 4.69) is 12.6 Å². The zero-order valence-corrected chi connectivity index (χ0v) is 6.03. The highest BCUT2D eigenvalue weighted by Gasteiger charge is 2.13. The summed E-state index contributed by atoms with van der Waals surface area (Å²) in [7, 11) is 0. The van der Waals surface area contributed by atoms with Gasteiger partial charge in [-0.2, -0.15) is 12.6 Å². The van der Waals surface area contributed by atoms with E-state index in [1.807, 2.05) is 13.8 Å². The molecule has 0 aromatic rings. The van der Waals surface area contributed by atoms with Crippen molar-refractivity contribution in [3.63, 3.8) is 0 Å². The van der Waals surface area contributed by atoms with Crippen LogP contribution in [0.25, 0.3) is 0 Å². The van der Waals surface area contributed by atoms with E-state index in [4.69, 9.17) is 5.73 Å².